The Hall–Kier alpha value is -0.120. The molecule has 0 amide bonds. The Bertz CT molecular complexity index is 146. The summed E-state index contributed by atoms with van der Waals surface area (Å²) < 4.78 is 5.41. The second kappa shape index (κ2) is 6.38. The molecule has 1 aliphatic rings. The first-order chi connectivity index (χ1) is 6.79. The second-order valence-corrected chi connectivity index (χ2v) is 4.26. The van der Waals surface area contributed by atoms with Crippen molar-refractivity contribution in [3.63, 3.8) is 0 Å². The van der Waals surface area contributed by atoms with E-state index in [0.717, 1.165) is 26.3 Å². The molecule has 1 rings (SSSR count). The molecule has 14 heavy (non-hydrogen) atoms. The number of unbranched alkanes of at least 4 members (excludes halogenated alkanes) is 1. The summed E-state index contributed by atoms with van der Waals surface area (Å²) in [5, 5.41) is 0. The van der Waals surface area contributed by atoms with Crippen LogP contribution < -0.4 is 5.73 Å². The van der Waals surface area contributed by atoms with E-state index >= 15 is 0 Å². The van der Waals surface area contributed by atoms with Crippen LogP contribution in [0.3, 0.4) is 0 Å². The van der Waals surface area contributed by atoms with Gasteiger partial charge in [0, 0.05) is 25.1 Å². The van der Waals surface area contributed by atoms with Gasteiger partial charge in [-0.1, -0.05) is 13.3 Å². The van der Waals surface area contributed by atoms with Crippen LogP contribution in [-0.4, -0.2) is 44.3 Å². The quantitative estimate of drug-likeness (QED) is 0.697. The minimum atomic E-state index is 0.518. The van der Waals surface area contributed by atoms with Gasteiger partial charge in [0.05, 0.1) is 6.61 Å². The summed E-state index contributed by atoms with van der Waals surface area (Å²) in [4.78, 5) is 2.41. The van der Waals surface area contributed by atoms with Gasteiger partial charge in [-0.15, -0.1) is 0 Å². The van der Waals surface area contributed by atoms with Crippen molar-refractivity contribution >= 4 is 0 Å². The predicted molar refractivity (Wildman–Crippen MR) is 59.3 cm³/mol. The van der Waals surface area contributed by atoms with E-state index in [1.54, 1.807) is 0 Å². The lowest BCUT2D eigenvalue weighted by Gasteiger charge is -2.30. The van der Waals surface area contributed by atoms with E-state index in [2.05, 4.69) is 18.9 Å². The zero-order valence-corrected chi connectivity index (χ0v) is 9.54. The zero-order valence-electron chi connectivity index (χ0n) is 9.54. The first-order valence-electron chi connectivity index (χ1n) is 5.77. The fourth-order valence-corrected chi connectivity index (χ4v) is 2.16. The fraction of sp³-hybridized carbons (Fsp3) is 1.00. The van der Waals surface area contributed by atoms with Gasteiger partial charge in [-0.05, 0) is 26.4 Å². The lowest BCUT2D eigenvalue weighted by atomic mass is 9.97. The third-order valence-electron chi connectivity index (χ3n) is 3.18. The number of ether oxygens (including phenoxy) is 1. The minimum absolute atomic E-state index is 0.518. The number of hydrogen-bond acceptors (Lipinski definition) is 3. The average molecular weight is 200 g/mol. The van der Waals surface area contributed by atoms with Gasteiger partial charge in [-0.25, -0.2) is 0 Å². The molecule has 0 aromatic rings. The first kappa shape index (κ1) is 12.0. The van der Waals surface area contributed by atoms with Crippen LogP contribution in [0.5, 0.6) is 0 Å². The van der Waals surface area contributed by atoms with Gasteiger partial charge in [0.1, 0.15) is 0 Å². The van der Waals surface area contributed by atoms with Crippen LogP contribution in [0.25, 0.3) is 0 Å². The van der Waals surface area contributed by atoms with Crippen LogP contribution in [-0.2, 0) is 4.74 Å². The summed E-state index contributed by atoms with van der Waals surface area (Å²) in [7, 11) is 2.19. The Morgan fingerprint density at radius 3 is 2.86 bits per heavy atom. The van der Waals surface area contributed by atoms with Crippen molar-refractivity contribution < 1.29 is 4.74 Å². The summed E-state index contributed by atoms with van der Waals surface area (Å²) in [5.74, 6) is 0.654. The Morgan fingerprint density at radius 1 is 1.57 bits per heavy atom. The molecule has 0 radical (unpaired) electrons. The van der Waals surface area contributed by atoms with Crippen LogP contribution in [0.1, 0.15) is 26.2 Å². The molecule has 1 saturated heterocycles. The van der Waals surface area contributed by atoms with Crippen molar-refractivity contribution in [2.24, 2.45) is 11.7 Å². The van der Waals surface area contributed by atoms with Crippen molar-refractivity contribution in [2.45, 2.75) is 32.2 Å². The Labute approximate surface area is 87.6 Å². The molecule has 2 atom stereocenters. The van der Waals surface area contributed by atoms with Crippen molar-refractivity contribution in [2.75, 3.05) is 33.4 Å². The van der Waals surface area contributed by atoms with E-state index in [1.165, 1.54) is 19.3 Å². The molecule has 1 fully saturated rings. The van der Waals surface area contributed by atoms with E-state index in [4.69, 9.17) is 10.5 Å². The van der Waals surface area contributed by atoms with Crippen molar-refractivity contribution in [3.05, 3.63) is 0 Å². The summed E-state index contributed by atoms with van der Waals surface area (Å²) in [5.41, 5.74) is 5.83. The summed E-state index contributed by atoms with van der Waals surface area (Å²) in [6, 6.07) is 0.518. The number of nitrogens with zero attached hydrogens (tertiary/aromatic N) is 1. The van der Waals surface area contributed by atoms with Crippen LogP contribution in [0.15, 0.2) is 0 Å². The molecule has 3 nitrogen and oxygen atoms in total. The second-order valence-electron chi connectivity index (χ2n) is 4.26. The first-order valence-corrected chi connectivity index (χ1v) is 5.77. The molecule has 0 aromatic heterocycles. The van der Waals surface area contributed by atoms with Crippen LogP contribution in [0.2, 0.25) is 0 Å². The molecule has 2 unspecified atom stereocenters. The van der Waals surface area contributed by atoms with Crippen LogP contribution >= 0.6 is 0 Å². The molecule has 0 spiro atoms. The highest BCUT2D eigenvalue weighted by molar-refractivity contribution is 4.81. The largest absolute Gasteiger partial charge is 0.381 e. The Kier molecular flexibility index (Phi) is 5.45. The predicted octanol–water partition coefficient (Wildman–Crippen LogP) is 1.08. The third kappa shape index (κ3) is 3.23. The average Bonchev–Trinajstić information content (AvgIpc) is 2.69. The van der Waals surface area contributed by atoms with Gasteiger partial charge in [0.25, 0.3) is 0 Å². The molecular formula is C11H24N2O. The van der Waals surface area contributed by atoms with E-state index in [0.29, 0.717) is 12.0 Å². The van der Waals surface area contributed by atoms with Gasteiger partial charge in [-0.2, -0.15) is 0 Å². The molecule has 84 valence electrons. The lowest BCUT2D eigenvalue weighted by molar-refractivity contribution is 0.139. The normalized spacial score (nSPS) is 24.4. The van der Waals surface area contributed by atoms with E-state index in [1.807, 2.05) is 0 Å². The summed E-state index contributed by atoms with van der Waals surface area (Å²) in [6.07, 6.45) is 3.70. The molecule has 0 saturated carbocycles. The maximum atomic E-state index is 5.83. The highest BCUT2D eigenvalue weighted by Gasteiger charge is 2.27. The molecule has 3 heteroatoms. The molecule has 2 N–H and O–H groups in total. The summed E-state index contributed by atoms with van der Waals surface area (Å²) in [6.45, 7) is 5.97. The van der Waals surface area contributed by atoms with Gasteiger partial charge in [0.2, 0.25) is 0 Å². The standard InChI is InChI=1S/C11H24N2O/c1-3-4-6-13(2)11(8-12)10-5-7-14-9-10/h10-11H,3-9,12H2,1-2H3. The van der Waals surface area contributed by atoms with Crippen LogP contribution in [0, 0.1) is 5.92 Å². The van der Waals surface area contributed by atoms with E-state index < -0.39 is 0 Å². The molecule has 0 aromatic carbocycles. The molecule has 0 aliphatic carbocycles. The van der Waals surface area contributed by atoms with Gasteiger partial charge in [0.15, 0.2) is 0 Å². The lowest BCUT2D eigenvalue weighted by Crippen LogP contribution is -2.44. The Morgan fingerprint density at radius 2 is 2.36 bits per heavy atom. The number of likely N-dealkylation sites (N-methyl/N-ethyl adjacent to an activating group) is 1. The maximum absolute atomic E-state index is 5.83. The molecular weight excluding hydrogens is 176 g/mol. The SMILES string of the molecule is CCCCN(C)C(CN)C1CCOC1. The highest BCUT2D eigenvalue weighted by atomic mass is 16.5. The minimum Gasteiger partial charge on any atom is -0.381 e. The van der Waals surface area contributed by atoms with Gasteiger partial charge < -0.3 is 15.4 Å². The third-order valence-corrected chi connectivity index (χ3v) is 3.18. The fourth-order valence-electron chi connectivity index (χ4n) is 2.16. The monoisotopic (exact) mass is 200 g/mol. The molecule has 1 heterocycles. The van der Waals surface area contributed by atoms with Gasteiger partial charge >= 0.3 is 0 Å². The smallest absolute Gasteiger partial charge is 0.0510 e. The Balaban J connectivity index is 2.34. The number of rotatable bonds is 6. The molecule has 0 bridgehead atoms. The highest BCUT2D eigenvalue weighted by Crippen LogP contribution is 2.19. The van der Waals surface area contributed by atoms with E-state index in [9.17, 15) is 0 Å². The topological polar surface area (TPSA) is 38.5 Å². The van der Waals surface area contributed by atoms with Crippen molar-refractivity contribution in [1.29, 1.82) is 0 Å². The van der Waals surface area contributed by atoms with E-state index in [-0.39, 0.29) is 0 Å². The van der Waals surface area contributed by atoms with Gasteiger partial charge in [-0.3, -0.25) is 0 Å². The molecule has 1 aliphatic heterocycles. The maximum Gasteiger partial charge on any atom is 0.0510 e. The van der Waals surface area contributed by atoms with Crippen molar-refractivity contribution in [3.8, 4) is 0 Å². The zero-order chi connectivity index (χ0) is 10.4. The number of hydrogen-bond donors (Lipinski definition) is 1. The number of nitrogens with two attached hydrogens (primary N) is 1. The van der Waals surface area contributed by atoms with Crippen LogP contribution in [0.4, 0.5) is 0 Å². The van der Waals surface area contributed by atoms with Crippen molar-refractivity contribution in [1.82, 2.24) is 4.90 Å². The summed E-state index contributed by atoms with van der Waals surface area (Å²) >= 11 is 0.